The van der Waals surface area contributed by atoms with Crippen LogP contribution in [0.4, 0.5) is 17.6 Å². The highest BCUT2D eigenvalue weighted by Crippen LogP contribution is 2.32. The average molecular weight is 403 g/mol. The molecule has 1 N–H and O–H groups in total. The average Bonchev–Trinajstić information content (AvgIpc) is 2.37. The van der Waals surface area contributed by atoms with Gasteiger partial charge in [0.15, 0.2) is 0 Å². The van der Waals surface area contributed by atoms with E-state index in [9.17, 15) is 22.4 Å². The highest BCUT2D eigenvalue weighted by atomic mass is 127. The van der Waals surface area contributed by atoms with Crippen LogP contribution in [0.5, 0.6) is 0 Å². The molecule has 0 spiro atoms. The standard InChI is InChI=1S/C13H14F4INO/c14-11-9(5-4-6-10(11)13(15,16)17)12(20)19-8-3-1-2-7-18/h4-6H,1-3,7-8H2,(H,19,20). The lowest BCUT2D eigenvalue weighted by Crippen LogP contribution is -2.26. The number of carbonyl (C=O) groups is 1. The molecule has 112 valence electrons. The number of halogens is 5. The van der Waals surface area contributed by atoms with Gasteiger partial charge >= 0.3 is 6.18 Å². The van der Waals surface area contributed by atoms with Crippen LogP contribution in [-0.4, -0.2) is 16.9 Å². The van der Waals surface area contributed by atoms with Gasteiger partial charge in [0.2, 0.25) is 0 Å². The Balaban J connectivity index is 2.69. The molecule has 0 fully saturated rings. The Labute approximate surface area is 128 Å². The highest BCUT2D eigenvalue weighted by molar-refractivity contribution is 14.1. The predicted molar refractivity (Wildman–Crippen MR) is 76.5 cm³/mol. The normalized spacial score (nSPS) is 11.4. The van der Waals surface area contributed by atoms with Crippen molar-refractivity contribution in [3.8, 4) is 0 Å². The van der Waals surface area contributed by atoms with E-state index in [1.54, 1.807) is 0 Å². The number of unbranched alkanes of at least 4 members (excludes halogenated alkanes) is 2. The summed E-state index contributed by atoms with van der Waals surface area (Å²) in [5, 5.41) is 2.43. The van der Waals surface area contributed by atoms with Crippen molar-refractivity contribution in [2.24, 2.45) is 0 Å². The maximum Gasteiger partial charge on any atom is 0.419 e. The maximum atomic E-state index is 13.7. The number of hydrogen-bond donors (Lipinski definition) is 1. The fourth-order valence-electron chi connectivity index (χ4n) is 1.62. The van der Waals surface area contributed by atoms with E-state index in [1.807, 2.05) is 0 Å². The van der Waals surface area contributed by atoms with E-state index in [0.29, 0.717) is 12.6 Å². The first-order valence-electron chi connectivity index (χ1n) is 6.07. The van der Waals surface area contributed by atoms with Crippen LogP contribution in [0.15, 0.2) is 18.2 Å². The summed E-state index contributed by atoms with van der Waals surface area (Å²) in [6.07, 6.45) is -2.17. The molecule has 0 bridgehead atoms. The van der Waals surface area contributed by atoms with Gasteiger partial charge in [-0.2, -0.15) is 13.2 Å². The monoisotopic (exact) mass is 403 g/mol. The van der Waals surface area contributed by atoms with E-state index < -0.39 is 29.0 Å². The number of hydrogen-bond acceptors (Lipinski definition) is 1. The van der Waals surface area contributed by atoms with Crippen LogP contribution >= 0.6 is 22.6 Å². The second-order valence-electron chi connectivity index (χ2n) is 4.17. The van der Waals surface area contributed by atoms with Gasteiger partial charge in [0, 0.05) is 6.54 Å². The Morgan fingerprint density at radius 2 is 1.90 bits per heavy atom. The first-order chi connectivity index (χ1) is 9.38. The number of alkyl halides is 4. The topological polar surface area (TPSA) is 29.1 Å². The van der Waals surface area contributed by atoms with E-state index in [4.69, 9.17) is 0 Å². The molecule has 0 heterocycles. The van der Waals surface area contributed by atoms with E-state index in [-0.39, 0.29) is 0 Å². The largest absolute Gasteiger partial charge is 0.419 e. The van der Waals surface area contributed by atoms with Crippen LogP contribution in [0.25, 0.3) is 0 Å². The summed E-state index contributed by atoms with van der Waals surface area (Å²) in [6.45, 7) is 0.325. The third kappa shape index (κ3) is 4.92. The number of rotatable bonds is 6. The number of carbonyl (C=O) groups excluding carboxylic acids is 1. The molecule has 1 aromatic carbocycles. The van der Waals surface area contributed by atoms with Crippen LogP contribution in [0.3, 0.4) is 0 Å². The van der Waals surface area contributed by atoms with Crippen molar-refractivity contribution < 1.29 is 22.4 Å². The molecule has 0 radical (unpaired) electrons. The van der Waals surface area contributed by atoms with Gasteiger partial charge in [0.05, 0.1) is 11.1 Å². The summed E-state index contributed by atoms with van der Waals surface area (Å²) in [5.41, 5.74) is -2.00. The van der Waals surface area contributed by atoms with Gasteiger partial charge in [-0.1, -0.05) is 35.1 Å². The van der Waals surface area contributed by atoms with E-state index >= 15 is 0 Å². The lowest BCUT2D eigenvalue weighted by atomic mass is 10.1. The number of nitrogens with one attached hydrogen (secondary N) is 1. The second-order valence-corrected chi connectivity index (χ2v) is 5.25. The number of benzene rings is 1. The summed E-state index contributed by atoms with van der Waals surface area (Å²) < 4.78 is 52.2. The van der Waals surface area contributed by atoms with Crippen molar-refractivity contribution in [2.75, 3.05) is 11.0 Å². The van der Waals surface area contributed by atoms with Crippen LogP contribution in [-0.2, 0) is 6.18 Å². The van der Waals surface area contributed by atoms with Crippen molar-refractivity contribution in [3.05, 3.63) is 35.1 Å². The first kappa shape index (κ1) is 17.2. The molecule has 1 aromatic rings. The molecule has 0 aliphatic heterocycles. The predicted octanol–water partition coefficient (Wildman–Crippen LogP) is 4.18. The van der Waals surface area contributed by atoms with E-state index in [0.717, 1.165) is 35.8 Å². The zero-order valence-electron chi connectivity index (χ0n) is 10.6. The molecule has 0 aliphatic rings. The molecule has 0 saturated carbocycles. The summed E-state index contributed by atoms with van der Waals surface area (Å²) in [5.74, 6) is -2.34. The quantitative estimate of drug-likeness (QED) is 0.329. The summed E-state index contributed by atoms with van der Waals surface area (Å²) in [4.78, 5) is 11.7. The molecular weight excluding hydrogens is 389 g/mol. The van der Waals surface area contributed by atoms with Crippen LogP contribution in [0.2, 0.25) is 0 Å². The van der Waals surface area contributed by atoms with Crippen molar-refractivity contribution in [3.63, 3.8) is 0 Å². The Hall–Kier alpha value is -0.860. The summed E-state index contributed by atoms with van der Waals surface area (Å²) in [6, 6.07) is 2.69. The van der Waals surface area contributed by atoms with Crippen LogP contribution in [0, 0.1) is 5.82 Å². The molecule has 0 aromatic heterocycles. The third-order valence-corrected chi connectivity index (χ3v) is 3.41. The zero-order chi connectivity index (χ0) is 15.2. The smallest absolute Gasteiger partial charge is 0.352 e. The van der Waals surface area contributed by atoms with Gasteiger partial charge in [-0.3, -0.25) is 4.79 Å². The second kappa shape index (κ2) is 7.80. The molecule has 1 amide bonds. The van der Waals surface area contributed by atoms with Gasteiger partial charge in [0.25, 0.3) is 5.91 Å². The molecule has 1 rings (SSSR count). The fraction of sp³-hybridized carbons (Fsp3) is 0.462. The minimum absolute atomic E-state index is 0.325. The molecule has 0 aliphatic carbocycles. The molecule has 2 nitrogen and oxygen atoms in total. The molecule has 20 heavy (non-hydrogen) atoms. The number of amides is 1. The van der Waals surface area contributed by atoms with Crippen LogP contribution < -0.4 is 5.32 Å². The Morgan fingerprint density at radius 1 is 1.20 bits per heavy atom. The Morgan fingerprint density at radius 3 is 2.50 bits per heavy atom. The lowest BCUT2D eigenvalue weighted by molar-refractivity contribution is -0.140. The fourth-order valence-corrected chi connectivity index (χ4v) is 2.16. The van der Waals surface area contributed by atoms with Gasteiger partial charge in [-0.25, -0.2) is 4.39 Å². The summed E-state index contributed by atoms with van der Waals surface area (Å²) >= 11 is 2.23. The van der Waals surface area contributed by atoms with Gasteiger partial charge in [-0.05, 0) is 29.4 Å². The Bertz CT molecular complexity index is 462. The first-order valence-corrected chi connectivity index (χ1v) is 7.60. The molecule has 7 heteroatoms. The molecule has 0 unspecified atom stereocenters. The maximum absolute atomic E-state index is 13.7. The van der Waals surface area contributed by atoms with Gasteiger partial charge in [-0.15, -0.1) is 0 Å². The highest BCUT2D eigenvalue weighted by Gasteiger charge is 2.35. The van der Waals surface area contributed by atoms with Crippen molar-refractivity contribution in [1.29, 1.82) is 0 Å². The minimum atomic E-state index is -4.80. The van der Waals surface area contributed by atoms with E-state index in [2.05, 4.69) is 27.9 Å². The Kier molecular flexibility index (Phi) is 6.70. The van der Waals surface area contributed by atoms with Crippen molar-refractivity contribution in [1.82, 2.24) is 5.32 Å². The third-order valence-electron chi connectivity index (χ3n) is 2.64. The summed E-state index contributed by atoms with van der Waals surface area (Å²) in [7, 11) is 0. The van der Waals surface area contributed by atoms with Gasteiger partial charge in [0.1, 0.15) is 5.82 Å². The lowest BCUT2D eigenvalue weighted by Gasteiger charge is -2.11. The van der Waals surface area contributed by atoms with Gasteiger partial charge < -0.3 is 5.32 Å². The van der Waals surface area contributed by atoms with Crippen molar-refractivity contribution in [2.45, 2.75) is 25.4 Å². The molecule has 0 atom stereocenters. The minimum Gasteiger partial charge on any atom is -0.352 e. The van der Waals surface area contributed by atoms with E-state index in [1.165, 1.54) is 0 Å². The molecular formula is C13H14F4INO. The van der Waals surface area contributed by atoms with Crippen LogP contribution in [0.1, 0.15) is 35.2 Å². The SMILES string of the molecule is O=C(NCCCCCI)c1cccc(C(F)(F)F)c1F. The van der Waals surface area contributed by atoms with Crippen molar-refractivity contribution >= 4 is 28.5 Å². The molecule has 0 saturated heterocycles. The zero-order valence-corrected chi connectivity index (χ0v) is 12.7.